The van der Waals surface area contributed by atoms with E-state index in [-0.39, 0.29) is 46.8 Å². The maximum Gasteiger partial charge on any atom is 0.191 e. The van der Waals surface area contributed by atoms with Crippen LogP contribution in [0.3, 0.4) is 0 Å². The fourth-order valence-corrected chi connectivity index (χ4v) is 3.90. The predicted octanol–water partition coefficient (Wildman–Crippen LogP) is 2.34. The Kier molecular flexibility index (Phi) is 9.25. The predicted molar refractivity (Wildman–Crippen MR) is 111 cm³/mol. The molecule has 1 heterocycles. The van der Waals surface area contributed by atoms with Gasteiger partial charge in [0.25, 0.3) is 0 Å². The molecule has 0 bridgehead atoms. The first-order chi connectivity index (χ1) is 11.9. The molecule has 0 spiro atoms. The molecule has 9 heteroatoms. The average Bonchev–Trinajstić information content (AvgIpc) is 3.00. The fourth-order valence-electron chi connectivity index (χ4n) is 2.66. The molecule has 2 rings (SSSR count). The monoisotopic (exact) mass is 499 g/mol. The normalized spacial score (nSPS) is 20.5. The summed E-state index contributed by atoms with van der Waals surface area (Å²) in [4.78, 5) is 4.21. The molecule has 1 aliphatic heterocycles. The molecule has 6 nitrogen and oxygen atoms in total. The highest BCUT2D eigenvalue weighted by Crippen LogP contribution is 2.25. The summed E-state index contributed by atoms with van der Waals surface area (Å²) in [5, 5.41) is 6.06. The van der Waals surface area contributed by atoms with E-state index in [0.29, 0.717) is 19.0 Å². The Labute approximate surface area is 171 Å². The van der Waals surface area contributed by atoms with Crippen molar-refractivity contribution in [2.75, 3.05) is 32.0 Å². The molecule has 1 unspecified atom stereocenters. The Balaban J connectivity index is 0.00000338. The Hall–Kier alpha value is -0.940. The van der Waals surface area contributed by atoms with Crippen molar-refractivity contribution in [2.45, 2.75) is 37.2 Å². The standard InChI is InChI=1S/C17H26FN3O3S.HI/c1-3-19-16(21-13-17(2)9-6-11-24-17)20-10-12-25(22,23)15-8-5-4-7-14(15)18;/h4-5,7-8H,3,6,9-13H2,1-2H3,(H2,19,20,21);1H. The third-order valence-electron chi connectivity index (χ3n) is 4.05. The molecule has 1 aromatic rings. The summed E-state index contributed by atoms with van der Waals surface area (Å²) in [5.41, 5.74) is -0.262. The van der Waals surface area contributed by atoms with Crippen molar-refractivity contribution in [3.05, 3.63) is 30.1 Å². The van der Waals surface area contributed by atoms with E-state index in [1.165, 1.54) is 18.2 Å². The van der Waals surface area contributed by atoms with Crippen LogP contribution in [0.2, 0.25) is 0 Å². The van der Waals surface area contributed by atoms with E-state index in [1.807, 2.05) is 13.8 Å². The second kappa shape index (κ2) is 10.4. The summed E-state index contributed by atoms with van der Waals surface area (Å²) in [7, 11) is -3.69. The summed E-state index contributed by atoms with van der Waals surface area (Å²) < 4.78 is 43.9. The molecule has 0 saturated carbocycles. The van der Waals surface area contributed by atoms with Crippen molar-refractivity contribution < 1.29 is 17.5 Å². The number of hydrogen-bond acceptors (Lipinski definition) is 4. The number of nitrogens with one attached hydrogen (secondary N) is 2. The molecule has 0 amide bonds. The van der Waals surface area contributed by atoms with Gasteiger partial charge in [-0.3, -0.25) is 4.99 Å². The van der Waals surface area contributed by atoms with Gasteiger partial charge in [0.1, 0.15) is 10.7 Å². The Morgan fingerprint density at radius 2 is 2.08 bits per heavy atom. The van der Waals surface area contributed by atoms with Crippen LogP contribution in [-0.2, 0) is 14.6 Å². The average molecular weight is 499 g/mol. The molecule has 0 radical (unpaired) electrons. The van der Waals surface area contributed by atoms with Crippen LogP contribution in [-0.4, -0.2) is 52.0 Å². The molecule has 0 aliphatic carbocycles. The van der Waals surface area contributed by atoms with Gasteiger partial charge in [-0.05, 0) is 38.8 Å². The van der Waals surface area contributed by atoms with Crippen LogP contribution in [0.1, 0.15) is 26.7 Å². The highest BCUT2D eigenvalue weighted by atomic mass is 127. The quantitative estimate of drug-likeness (QED) is 0.342. The van der Waals surface area contributed by atoms with Crippen molar-refractivity contribution in [3.63, 3.8) is 0 Å². The first-order valence-electron chi connectivity index (χ1n) is 8.50. The number of ether oxygens (including phenoxy) is 1. The van der Waals surface area contributed by atoms with E-state index >= 15 is 0 Å². The number of benzene rings is 1. The lowest BCUT2D eigenvalue weighted by Crippen LogP contribution is -2.41. The van der Waals surface area contributed by atoms with Gasteiger partial charge >= 0.3 is 0 Å². The summed E-state index contributed by atoms with van der Waals surface area (Å²) in [6.45, 7) is 6.00. The van der Waals surface area contributed by atoms with Gasteiger partial charge in [-0.1, -0.05) is 12.1 Å². The van der Waals surface area contributed by atoms with Gasteiger partial charge in [-0.2, -0.15) is 0 Å². The van der Waals surface area contributed by atoms with Crippen LogP contribution in [0.4, 0.5) is 4.39 Å². The molecular weight excluding hydrogens is 472 g/mol. The molecule has 1 atom stereocenters. The third kappa shape index (κ3) is 6.66. The van der Waals surface area contributed by atoms with Crippen LogP contribution in [0.25, 0.3) is 0 Å². The number of rotatable bonds is 7. The van der Waals surface area contributed by atoms with E-state index < -0.39 is 15.7 Å². The minimum atomic E-state index is -3.69. The Bertz CT molecular complexity index is 707. The first kappa shape index (κ1) is 23.1. The SMILES string of the molecule is CCNC(=NCC1(C)CCCO1)NCCS(=O)(=O)c1ccccc1F.I. The molecule has 26 heavy (non-hydrogen) atoms. The van der Waals surface area contributed by atoms with E-state index in [1.54, 1.807) is 0 Å². The van der Waals surface area contributed by atoms with Gasteiger partial charge < -0.3 is 15.4 Å². The topological polar surface area (TPSA) is 79.8 Å². The van der Waals surface area contributed by atoms with Crippen LogP contribution >= 0.6 is 24.0 Å². The largest absolute Gasteiger partial charge is 0.373 e. The Morgan fingerprint density at radius 1 is 1.35 bits per heavy atom. The van der Waals surface area contributed by atoms with Crippen LogP contribution in [0.5, 0.6) is 0 Å². The van der Waals surface area contributed by atoms with Crippen molar-refractivity contribution >= 4 is 39.8 Å². The highest BCUT2D eigenvalue weighted by Gasteiger charge is 2.29. The molecular formula is C17H27FIN3O3S. The zero-order valence-corrected chi connectivity index (χ0v) is 18.3. The van der Waals surface area contributed by atoms with Gasteiger partial charge in [0.05, 0.1) is 17.9 Å². The fraction of sp³-hybridized carbons (Fsp3) is 0.588. The van der Waals surface area contributed by atoms with Crippen LogP contribution in [0, 0.1) is 5.82 Å². The van der Waals surface area contributed by atoms with E-state index in [9.17, 15) is 12.8 Å². The smallest absolute Gasteiger partial charge is 0.191 e. The van der Waals surface area contributed by atoms with Gasteiger partial charge in [-0.25, -0.2) is 12.8 Å². The van der Waals surface area contributed by atoms with E-state index in [2.05, 4.69) is 15.6 Å². The number of sulfone groups is 1. The van der Waals surface area contributed by atoms with Crippen LogP contribution in [0.15, 0.2) is 34.2 Å². The van der Waals surface area contributed by atoms with Gasteiger partial charge in [0, 0.05) is 19.7 Å². The molecule has 0 aromatic heterocycles. The number of guanidine groups is 1. The molecule has 2 N–H and O–H groups in total. The highest BCUT2D eigenvalue weighted by molar-refractivity contribution is 14.0. The molecule has 1 aliphatic rings. The lowest BCUT2D eigenvalue weighted by atomic mass is 10.0. The Morgan fingerprint density at radius 3 is 2.69 bits per heavy atom. The van der Waals surface area contributed by atoms with Gasteiger partial charge in [0.2, 0.25) is 0 Å². The lowest BCUT2D eigenvalue weighted by molar-refractivity contribution is 0.0283. The van der Waals surface area contributed by atoms with Crippen molar-refractivity contribution in [1.29, 1.82) is 0 Å². The van der Waals surface area contributed by atoms with Crippen molar-refractivity contribution in [3.8, 4) is 0 Å². The number of halogens is 2. The van der Waals surface area contributed by atoms with Crippen LogP contribution < -0.4 is 10.6 Å². The van der Waals surface area contributed by atoms with E-state index in [4.69, 9.17) is 4.74 Å². The van der Waals surface area contributed by atoms with Gasteiger partial charge in [0.15, 0.2) is 15.8 Å². The summed E-state index contributed by atoms with van der Waals surface area (Å²) in [6.07, 6.45) is 1.98. The minimum Gasteiger partial charge on any atom is -0.373 e. The molecule has 148 valence electrons. The van der Waals surface area contributed by atoms with Gasteiger partial charge in [-0.15, -0.1) is 24.0 Å². The number of hydrogen-bond donors (Lipinski definition) is 2. The van der Waals surface area contributed by atoms with Crippen molar-refractivity contribution in [1.82, 2.24) is 10.6 Å². The number of nitrogens with zero attached hydrogens (tertiary/aromatic N) is 1. The molecule has 1 saturated heterocycles. The lowest BCUT2D eigenvalue weighted by Gasteiger charge is -2.21. The molecule has 1 fully saturated rings. The van der Waals surface area contributed by atoms with E-state index in [0.717, 1.165) is 25.5 Å². The minimum absolute atomic E-state index is 0. The summed E-state index contributed by atoms with van der Waals surface area (Å²) >= 11 is 0. The second-order valence-electron chi connectivity index (χ2n) is 6.27. The number of aliphatic imine (C=N–C) groups is 1. The summed E-state index contributed by atoms with van der Waals surface area (Å²) in [6, 6.07) is 5.40. The third-order valence-corrected chi connectivity index (χ3v) is 5.79. The van der Waals surface area contributed by atoms with Crippen molar-refractivity contribution in [2.24, 2.45) is 4.99 Å². The molecule has 1 aromatic carbocycles. The summed E-state index contributed by atoms with van der Waals surface area (Å²) in [5.74, 6) is -0.413. The maximum atomic E-state index is 13.7. The maximum absolute atomic E-state index is 13.7. The first-order valence-corrected chi connectivity index (χ1v) is 10.1. The zero-order valence-electron chi connectivity index (χ0n) is 15.1. The zero-order chi connectivity index (χ0) is 18.3. The second-order valence-corrected chi connectivity index (χ2v) is 8.35.